The Morgan fingerprint density at radius 1 is 0.886 bits per heavy atom. The van der Waals surface area contributed by atoms with Crippen LogP contribution in [0.5, 0.6) is 11.5 Å². The maximum Gasteiger partial charge on any atom is 0.210 e. The van der Waals surface area contributed by atoms with E-state index in [-0.39, 0.29) is 0 Å². The Morgan fingerprint density at radius 2 is 1.51 bits per heavy atom. The van der Waals surface area contributed by atoms with Gasteiger partial charge in [-0.3, -0.25) is 14.7 Å². The van der Waals surface area contributed by atoms with Crippen molar-refractivity contribution in [2.45, 2.75) is 32.5 Å². The Labute approximate surface area is 216 Å². The Hall–Kier alpha value is -2.80. The lowest BCUT2D eigenvalue weighted by Gasteiger charge is -2.29. The van der Waals surface area contributed by atoms with Crippen LogP contribution in [0.25, 0.3) is 0 Å². The van der Waals surface area contributed by atoms with Crippen LogP contribution >= 0.6 is 23.2 Å². The molecule has 0 saturated heterocycles. The highest BCUT2D eigenvalue weighted by Gasteiger charge is 2.19. The molecule has 3 heterocycles. The maximum absolute atomic E-state index is 10.7. The average molecular weight is 514 g/mol. The average Bonchev–Trinajstić information content (AvgIpc) is 2.90. The first kappa shape index (κ1) is 25.3. The van der Waals surface area contributed by atoms with Crippen molar-refractivity contribution in [1.29, 1.82) is 0 Å². The highest BCUT2D eigenvalue weighted by atomic mass is 35.5. The number of hydrogen-bond acceptors (Lipinski definition) is 5. The number of fused-ring (bicyclic) bond motifs is 2. The summed E-state index contributed by atoms with van der Waals surface area (Å²) in [5.74, 6) is 1.47. The van der Waals surface area contributed by atoms with Crippen LogP contribution in [0.3, 0.4) is 0 Å². The molecule has 1 aromatic heterocycles. The molecule has 184 valence electrons. The largest absolute Gasteiger partial charge is 0.493 e. The van der Waals surface area contributed by atoms with Crippen LogP contribution in [-0.2, 0) is 37.3 Å². The molecule has 2 aromatic carbocycles. The van der Waals surface area contributed by atoms with Crippen LogP contribution in [-0.4, -0.2) is 48.5 Å². The predicted octanol–water partition coefficient (Wildman–Crippen LogP) is 5.17. The van der Waals surface area contributed by atoms with Gasteiger partial charge in [-0.25, -0.2) is 0 Å². The molecule has 0 fully saturated rings. The van der Waals surface area contributed by atoms with Crippen molar-refractivity contribution in [3.05, 3.63) is 86.7 Å². The summed E-state index contributed by atoms with van der Waals surface area (Å²) in [6.07, 6.45) is 6.14. The highest BCUT2D eigenvalue weighted by Crippen LogP contribution is 2.33. The number of pyridine rings is 1. The number of halogens is 2. The molecule has 1 amide bonds. The zero-order valence-electron chi connectivity index (χ0n) is 20.0. The number of ether oxygens (including phenoxy) is 2. The van der Waals surface area contributed by atoms with Gasteiger partial charge in [0.2, 0.25) is 6.41 Å². The summed E-state index contributed by atoms with van der Waals surface area (Å²) in [7, 11) is 3.25. The molecule has 8 heteroatoms. The molecule has 35 heavy (non-hydrogen) atoms. The van der Waals surface area contributed by atoms with Gasteiger partial charge in [0.1, 0.15) is 0 Å². The molecule has 0 spiro atoms. The minimum atomic E-state index is 0.645. The SMILES string of the molecule is COc1cc2c(cc1OC)CN(C=O)CC2.Clc1cncc(Cl)c1CN1CCc2ccccc2C1. The zero-order valence-corrected chi connectivity index (χ0v) is 21.5. The van der Waals surface area contributed by atoms with E-state index in [9.17, 15) is 4.79 Å². The fraction of sp³-hybridized carbons (Fsp3) is 0.333. The van der Waals surface area contributed by atoms with Gasteiger partial charge >= 0.3 is 0 Å². The summed E-state index contributed by atoms with van der Waals surface area (Å²) in [5.41, 5.74) is 6.19. The first-order chi connectivity index (χ1) is 17.0. The molecule has 2 aliphatic heterocycles. The van der Waals surface area contributed by atoms with Crippen LogP contribution in [0.2, 0.25) is 10.0 Å². The topological polar surface area (TPSA) is 54.9 Å². The molecule has 0 saturated carbocycles. The van der Waals surface area contributed by atoms with E-state index in [0.717, 1.165) is 62.3 Å². The number of aromatic nitrogens is 1. The zero-order chi connectivity index (χ0) is 24.8. The Morgan fingerprint density at radius 3 is 2.17 bits per heavy atom. The van der Waals surface area contributed by atoms with E-state index in [1.165, 1.54) is 16.7 Å². The first-order valence-electron chi connectivity index (χ1n) is 11.5. The Balaban J connectivity index is 0.000000168. The third kappa shape index (κ3) is 6.07. The molecule has 3 aromatic rings. The van der Waals surface area contributed by atoms with Gasteiger partial charge in [0, 0.05) is 50.7 Å². The van der Waals surface area contributed by atoms with Gasteiger partial charge < -0.3 is 14.4 Å². The fourth-order valence-electron chi connectivity index (χ4n) is 4.50. The standard InChI is InChI=1S/C15H14Cl2N2.C12H15NO3/c16-14-7-18-8-15(17)13(14)10-19-6-5-11-3-1-2-4-12(11)9-19;1-15-11-5-9-3-4-13(8-14)7-10(9)6-12(11)16-2/h1-4,7-8H,5-6,9-10H2;5-6,8H,3-4,7H2,1-2H3. The number of carbonyl (C=O) groups is 1. The molecule has 5 rings (SSSR count). The molecule has 0 bridgehead atoms. The summed E-state index contributed by atoms with van der Waals surface area (Å²) in [6, 6.07) is 12.5. The fourth-order valence-corrected chi connectivity index (χ4v) is 4.98. The van der Waals surface area contributed by atoms with Gasteiger partial charge in [-0.05, 0) is 47.2 Å². The van der Waals surface area contributed by atoms with Crippen LogP contribution in [0.15, 0.2) is 48.8 Å². The van der Waals surface area contributed by atoms with E-state index >= 15 is 0 Å². The number of hydrogen-bond donors (Lipinski definition) is 0. The maximum atomic E-state index is 10.7. The number of methoxy groups -OCH3 is 2. The molecule has 0 radical (unpaired) electrons. The smallest absolute Gasteiger partial charge is 0.210 e. The van der Waals surface area contributed by atoms with E-state index < -0.39 is 0 Å². The van der Waals surface area contributed by atoms with Gasteiger partial charge in [0.05, 0.1) is 24.3 Å². The second-order valence-electron chi connectivity index (χ2n) is 8.61. The van der Waals surface area contributed by atoms with Crippen molar-refractivity contribution < 1.29 is 14.3 Å². The van der Waals surface area contributed by atoms with Crippen LogP contribution in [0.4, 0.5) is 0 Å². The molecule has 0 N–H and O–H groups in total. The normalized spacial score (nSPS) is 14.8. The van der Waals surface area contributed by atoms with E-state index in [4.69, 9.17) is 32.7 Å². The van der Waals surface area contributed by atoms with Crippen LogP contribution in [0.1, 0.15) is 27.8 Å². The lowest BCUT2D eigenvalue weighted by atomic mass is 9.99. The van der Waals surface area contributed by atoms with Crippen molar-refractivity contribution in [3.8, 4) is 11.5 Å². The molecular formula is C27H29Cl2N3O3. The second kappa shape index (κ2) is 11.8. The summed E-state index contributed by atoms with van der Waals surface area (Å²) in [6.45, 7) is 4.18. The van der Waals surface area contributed by atoms with Gasteiger partial charge in [-0.1, -0.05) is 47.5 Å². The van der Waals surface area contributed by atoms with E-state index in [0.29, 0.717) is 22.3 Å². The molecule has 0 unspecified atom stereocenters. The molecule has 0 atom stereocenters. The minimum absolute atomic E-state index is 0.645. The summed E-state index contributed by atoms with van der Waals surface area (Å²) in [4.78, 5) is 18.8. The molecule has 2 aliphatic rings. The lowest BCUT2D eigenvalue weighted by Crippen LogP contribution is -2.30. The van der Waals surface area contributed by atoms with E-state index in [2.05, 4.69) is 34.1 Å². The Kier molecular flexibility index (Phi) is 8.50. The van der Waals surface area contributed by atoms with Gasteiger partial charge in [0.15, 0.2) is 11.5 Å². The number of benzene rings is 2. The third-order valence-electron chi connectivity index (χ3n) is 6.44. The van der Waals surface area contributed by atoms with Gasteiger partial charge in [0.25, 0.3) is 0 Å². The van der Waals surface area contributed by atoms with Crippen molar-refractivity contribution in [3.63, 3.8) is 0 Å². The quantitative estimate of drug-likeness (QED) is 0.440. The predicted molar refractivity (Wildman–Crippen MR) is 138 cm³/mol. The van der Waals surface area contributed by atoms with Crippen molar-refractivity contribution in [2.75, 3.05) is 27.3 Å². The number of nitrogens with zero attached hydrogens (tertiary/aromatic N) is 3. The molecular weight excluding hydrogens is 485 g/mol. The van der Waals surface area contributed by atoms with Crippen molar-refractivity contribution in [2.24, 2.45) is 0 Å². The van der Waals surface area contributed by atoms with Gasteiger partial charge in [-0.15, -0.1) is 0 Å². The molecule has 6 nitrogen and oxygen atoms in total. The first-order valence-corrected chi connectivity index (χ1v) is 12.3. The summed E-state index contributed by atoms with van der Waals surface area (Å²) in [5, 5.41) is 1.29. The minimum Gasteiger partial charge on any atom is -0.493 e. The van der Waals surface area contributed by atoms with Crippen LogP contribution in [0, 0.1) is 0 Å². The van der Waals surface area contributed by atoms with Gasteiger partial charge in [-0.2, -0.15) is 0 Å². The monoisotopic (exact) mass is 513 g/mol. The summed E-state index contributed by atoms with van der Waals surface area (Å²) >= 11 is 12.4. The van der Waals surface area contributed by atoms with E-state index in [1.54, 1.807) is 31.5 Å². The molecule has 0 aliphatic carbocycles. The Bertz CT molecular complexity index is 1170. The highest BCUT2D eigenvalue weighted by molar-refractivity contribution is 6.35. The van der Waals surface area contributed by atoms with Crippen LogP contribution < -0.4 is 9.47 Å². The lowest BCUT2D eigenvalue weighted by molar-refractivity contribution is -0.118. The summed E-state index contributed by atoms with van der Waals surface area (Å²) < 4.78 is 10.5. The third-order valence-corrected chi connectivity index (χ3v) is 7.09. The number of rotatable bonds is 5. The van der Waals surface area contributed by atoms with E-state index in [1.807, 2.05) is 12.1 Å². The number of carbonyl (C=O) groups excluding carboxylic acids is 1. The van der Waals surface area contributed by atoms with Crippen molar-refractivity contribution >= 4 is 29.6 Å². The second-order valence-corrected chi connectivity index (χ2v) is 9.43. The number of amides is 1. The van der Waals surface area contributed by atoms with Crippen molar-refractivity contribution in [1.82, 2.24) is 14.8 Å².